The minimum atomic E-state index is -0.279. The van der Waals surface area contributed by atoms with Crippen molar-refractivity contribution in [1.82, 2.24) is 10.2 Å². The molecule has 1 amide bonds. The van der Waals surface area contributed by atoms with E-state index >= 15 is 0 Å². The van der Waals surface area contributed by atoms with Crippen LogP contribution in [0, 0.1) is 11.6 Å². The molecule has 1 heterocycles. The highest BCUT2D eigenvalue weighted by Gasteiger charge is 2.28. The first kappa shape index (κ1) is 21.0. The molecule has 6 heteroatoms. The number of nitrogens with two attached hydrogens (primary N) is 1. The average molecular weight is 421 g/mol. The molecule has 1 unspecified atom stereocenters. The first-order valence-corrected chi connectivity index (χ1v) is 10.3. The van der Waals surface area contributed by atoms with Gasteiger partial charge in [0.2, 0.25) is 5.91 Å². The average Bonchev–Trinajstić information content (AvgIpc) is 2.75. The fourth-order valence-electron chi connectivity index (χ4n) is 4.02. The molecule has 0 bridgehead atoms. The van der Waals surface area contributed by atoms with Gasteiger partial charge in [-0.3, -0.25) is 9.69 Å². The van der Waals surface area contributed by atoms with E-state index in [0.29, 0.717) is 31.6 Å². The van der Waals surface area contributed by atoms with Gasteiger partial charge >= 0.3 is 0 Å². The number of rotatable bonds is 6. The van der Waals surface area contributed by atoms with Crippen LogP contribution in [0.15, 0.2) is 66.7 Å². The van der Waals surface area contributed by atoms with E-state index in [1.54, 1.807) is 36.4 Å². The number of carbonyl (C=O) groups is 1. The standard InChI is InChI=1S/C25H25F2N3O/c26-21-6-1-17(2-7-21)11-24-13-20-12-22(27)8-5-19(20)15-30(24)16-25(31)29-14-18-3-9-23(28)10-4-18/h1-10,12,24H,11,13-16,28H2,(H,29,31). The summed E-state index contributed by atoms with van der Waals surface area (Å²) >= 11 is 0. The zero-order valence-electron chi connectivity index (χ0n) is 17.2. The maximum atomic E-state index is 13.8. The second kappa shape index (κ2) is 9.27. The Balaban J connectivity index is 1.46. The second-order valence-electron chi connectivity index (χ2n) is 8.02. The number of nitrogens with one attached hydrogen (secondary N) is 1. The molecule has 4 nitrogen and oxygen atoms in total. The van der Waals surface area contributed by atoms with Crippen LogP contribution in [0.2, 0.25) is 0 Å². The topological polar surface area (TPSA) is 58.4 Å². The van der Waals surface area contributed by atoms with Crippen LogP contribution in [0.5, 0.6) is 0 Å². The Kier molecular flexibility index (Phi) is 6.28. The first-order chi connectivity index (χ1) is 15.0. The molecule has 4 rings (SSSR count). The van der Waals surface area contributed by atoms with E-state index in [-0.39, 0.29) is 30.1 Å². The Morgan fingerprint density at radius 2 is 1.61 bits per heavy atom. The van der Waals surface area contributed by atoms with Crippen molar-refractivity contribution in [3.63, 3.8) is 0 Å². The van der Waals surface area contributed by atoms with Gasteiger partial charge in [-0.15, -0.1) is 0 Å². The molecular weight excluding hydrogens is 396 g/mol. The Morgan fingerprint density at radius 1 is 0.935 bits per heavy atom. The van der Waals surface area contributed by atoms with Crippen molar-refractivity contribution < 1.29 is 13.6 Å². The number of nitrogens with zero attached hydrogens (tertiary/aromatic N) is 1. The molecule has 3 N–H and O–H groups in total. The minimum absolute atomic E-state index is 0.0158. The number of amides is 1. The summed E-state index contributed by atoms with van der Waals surface area (Å²) in [6.07, 6.45) is 1.29. The van der Waals surface area contributed by atoms with Crippen LogP contribution in [-0.4, -0.2) is 23.4 Å². The lowest BCUT2D eigenvalue weighted by molar-refractivity contribution is -0.123. The number of carbonyl (C=O) groups excluding carboxylic acids is 1. The van der Waals surface area contributed by atoms with E-state index in [9.17, 15) is 13.6 Å². The molecule has 3 aromatic rings. The monoisotopic (exact) mass is 421 g/mol. The van der Waals surface area contributed by atoms with Gasteiger partial charge < -0.3 is 11.1 Å². The van der Waals surface area contributed by atoms with Crippen molar-refractivity contribution in [3.05, 3.63) is 101 Å². The Bertz CT molecular complexity index is 1050. The van der Waals surface area contributed by atoms with Crippen LogP contribution in [0.4, 0.5) is 14.5 Å². The summed E-state index contributed by atoms with van der Waals surface area (Å²) in [5.74, 6) is -0.612. The van der Waals surface area contributed by atoms with Gasteiger partial charge in [-0.2, -0.15) is 0 Å². The maximum absolute atomic E-state index is 13.8. The third kappa shape index (κ3) is 5.47. The normalized spacial score (nSPS) is 16.0. The maximum Gasteiger partial charge on any atom is 0.234 e. The van der Waals surface area contributed by atoms with Crippen molar-refractivity contribution in [1.29, 1.82) is 0 Å². The van der Waals surface area contributed by atoms with Crippen molar-refractivity contribution in [2.45, 2.75) is 32.0 Å². The lowest BCUT2D eigenvalue weighted by Crippen LogP contribution is -2.46. The first-order valence-electron chi connectivity index (χ1n) is 10.3. The molecule has 1 aliphatic heterocycles. The van der Waals surface area contributed by atoms with Crippen molar-refractivity contribution in [2.24, 2.45) is 0 Å². The molecule has 0 radical (unpaired) electrons. The molecule has 0 saturated heterocycles. The van der Waals surface area contributed by atoms with E-state index in [0.717, 1.165) is 22.3 Å². The van der Waals surface area contributed by atoms with Crippen LogP contribution in [-0.2, 0) is 30.7 Å². The molecule has 31 heavy (non-hydrogen) atoms. The van der Waals surface area contributed by atoms with E-state index in [2.05, 4.69) is 10.2 Å². The highest BCUT2D eigenvalue weighted by Crippen LogP contribution is 2.26. The molecule has 160 valence electrons. The SMILES string of the molecule is Nc1ccc(CNC(=O)CN2Cc3ccc(F)cc3CC2Cc2ccc(F)cc2)cc1. The number of nitrogen functional groups attached to an aromatic ring is 1. The number of fused-ring (bicyclic) bond motifs is 1. The summed E-state index contributed by atoms with van der Waals surface area (Å²) < 4.78 is 27.0. The van der Waals surface area contributed by atoms with E-state index < -0.39 is 0 Å². The lowest BCUT2D eigenvalue weighted by Gasteiger charge is -2.36. The Morgan fingerprint density at radius 3 is 2.35 bits per heavy atom. The quantitative estimate of drug-likeness (QED) is 0.595. The number of hydrogen-bond acceptors (Lipinski definition) is 3. The van der Waals surface area contributed by atoms with Crippen molar-refractivity contribution in [3.8, 4) is 0 Å². The van der Waals surface area contributed by atoms with Gasteiger partial charge in [0.15, 0.2) is 0 Å². The van der Waals surface area contributed by atoms with Gasteiger partial charge in [0.25, 0.3) is 0 Å². The third-order valence-corrected chi connectivity index (χ3v) is 5.71. The fraction of sp³-hybridized carbons (Fsp3) is 0.240. The molecule has 0 aromatic heterocycles. The molecule has 0 fully saturated rings. The Hall–Kier alpha value is -3.25. The number of anilines is 1. The highest BCUT2D eigenvalue weighted by atomic mass is 19.1. The van der Waals surface area contributed by atoms with Crippen LogP contribution in [0.1, 0.15) is 22.3 Å². The summed E-state index contributed by atoms with van der Waals surface area (Å²) in [4.78, 5) is 14.8. The number of hydrogen-bond donors (Lipinski definition) is 2. The fourth-order valence-corrected chi connectivity index (χ4v) is 4.02. The second-order valence-corrected chi connectivity index (χ2v) is 8.02. The summed E-state index contributed by atoms with van der Waals surface area (Å²) in [6, 6.07) is 18.6. The van der Waals surface area contributed by atoms with E-state index in [1.807, 2.05) is 12.1 Å². The van der Waals surface area contributed by atoms with Crippen LogP contribution in [0.25, 0.3) is 0 Å². The molecule has 0 saturated carbocycles. The summed E-state index contributed by atoms with van der Waals surface area (Å²) in [7, 11) is 0. The van der Waals surface area contributed by atoms with Gasteiger partial charge in [0, 0.05) is 24.8 Å². The van der Waals surface area contributed by atoms with Crippen molar-refractivity contribution >= 4 is 11.6 Å². The summed E-state index contributed by atoms with van der Waals surface area (Å²) in [5.41, 5.74) is 10.3. The van der Waals surface area contributed by atoms with Gasteiger partial charge in [0.05, 0.1) is 6.54 Å². The lowest BCUT2D eigenvalue weighted by atomic mass is 9.90. The zero-order valence-corrected chi connectivity index (χ0v) is 17.2. The minimum Gasteiger partial charge on any atom is -0.399 e. The van der Waals surface area contributed by atoms with Crippen LogP contribution >= 0.6 is 0 Å². The highest BCUT2D eigenvalue weighted by molar-refractivity contribution is 5.78. The molecule has 0 spiro atoms. The summed E-state index contributed by atoms with van der Waals surface area (Å²) in [6.45, 7) is 1.23. The molecular formula is C25H25F2N3O. The zero-order chi connectivity index (χ0) is 21.8. The number of benzene rings is 3. The third-order valence-electron chi connectivity index (χ3n) is 5.71. The van der Waals surface area contributed by atoms with Gasteiger partial charge in [-0.1, -0.05) is 30.3 Å². The predicted octanol–water partition coefficient (Wildman–Crippen LogP) is 3.83. The molecule has 0 aliphatic carbocycles. The van der Waals surface area contributed by atoms with Gasteiger partial charge in [0.1, 0.15) is 11.6 Å². The smallest absolute Gasteiger partial charge is 0.234 e. The van der Waals surface area contributed by atoms with E-state index in [4.69, 9.17) is 5.73 Å². The predicted molar refractivity (Wildman–Crippen MR) is 117 cm³/mol. The van der Waals surface area contributed by atoms with E-state index in [1.165, 1.54) is 18.2 Å². The molecule has 3 aromatic carbocycles. The largest absolute Gasteiger partial charge is 0.399 e. The van der Waals surface area contributed by atoms with Crippen LogP contribution < -0.4 is 11.1 Å². The van der Waals surface area contributed by atoms with Crippen molar-refractivity contribution in [2.75, 3.05) is 12.3 Å². The molecule has 1 atom stereocenters. The van der Waals surface area contributed by atoms with Gasteiger partial charge in [-0.05, 0) is 71.5 Å². The van der Waals surface area contributed by atoms with Gasteiger partial charge in [-0.25, -0.2) is 8.78 Å². The Labute approximate surface area is 180 Å². The molecule has 1 aliphatic rings. The van der Waals surface area contributed by atoms with Crippen LogP contribution in [0.3, 0.4) is 0 Å². The summed E-state index contributed by atoms with van der Waals surface area (Å²) in [5, 5.41) is 2.96. The number of halogens is 2.